The van der Waals surface area contributed by atoms with Gasteiger partial charge >= 0.3 is 0 Å². The number of H-pyrrole nitrogens is 1. The second-order valence-corrected chi connectivity index (χ2v) is 10.8. The van der Waals surface area contributed by atoms with Crippen molar-refractivity contribution in [1.29, 1.82) is 0 Å². The van der Waals surface area contributed by atoms with E-state index in [0.29, 0.717) is 37.6 Å². The third-order valence-electron chi connectivity index (χ3n) is 8.38. The Hall–Kier alpha value is -4.26. The number of aromatic amines is 1. The van der Waals surface area contributed by atoms with Crippen molar-refractivity contribution in [3.8, 4) is 11.5 Å². The molecule has 2 amide bonds. The van der Waals surface area contributed by atoms with Crippen molar-refractivity contribution in [1.82, 2.24) is 14.8 Å². The molecule has 3 aromatic carbocycles. The number of fused-ring (bicyclic) bond motifs is 5. The summed E-state index contributed by atoms with van der Waals surface area (Å²) in [6.45, 7) is 5.55. The van der Waals surface area contributed by atoms with Crippen LogP contribution in [0.2, 0.25) is 0 Å². The molecule has 7 nitrogen and oxygen atoms in total. The standard InChI is InChI=1S/C33H35N3O4/c1-4-18-40-27-15-14-23(19-28(27)39-3)25-20-36-29(37)21-35(17-16-22-10-6-5-7-11-22)32(38)33(36,2)31-30(25)24-12-8-9-13-26(24)34-31/h5-15,19,25,34H,4,16-18,20-21H2,1-3H3/t25?,33-/m0/s1. The van der Waals surface area contributed by atoms with Crippen molar-refractivity contribution in [3.63, 3.8) is 0 Å². The highest BCUT2D eigenvalue weighted by atomic mass is 16.5. The molecule has 40 heavy (non-hydrogen) atoms. The van der Waals surface area contributed by atoms with Gasteiger partial charge in [-0.1, -0.05) is 61.5 Å². The Morgan fingerprint density at radius 1 is 1.00 bits per heavy atom. The molecule has 1 saturated heterocycles. The van der Waals surface area contributed by atoms with Crippen LogP contribution in [0.15, 0.2) is 72.8 Å². The molecule has 3 heterocycles. The molecule has 7 heteroatoms. The lowest BCUT2D eigenvalue weighted by Gasteiger charge is -2.51. The van der Waals surface area contributed by atoms with Crippen LogP contribution in [0, 0.1) is 0 Å². The van der Waals surface area contributed by atoms with Gasteiger partial charge in [0.2, 0.25) is 5.91 Å². The number of rotatable bonds is 8. The van der Waals surface area contributed by atoms with Gasteiger partial charge in [0.1, 0.15) is 0 Å². The van der Waals surface area contributed by atoms with Crippen LogP contribution in [0.5, 0.6) is 11.5 Å². The Morgan fingerprint density at radius 2 is 1.77 bits per heavy atom. The summed E-state index contributed by atoms with van der Waals surface area (Å²) in [4.78, 5) is 35.1. The SMILES string of the molecule is CCCOc1ccc(C2CN3C(=O)CN(CCc4ccccc4)C(=O)[C@]3(C)c3[nH]c4ccccc4c32)cc1OC. The number of hydrogen-bond acceptors (Lipinski definition) is 4. The Labute approximate surface area is 234 Å². The molecular weight excluding hydrogens is 502 g/mol. The first-order valence-corrected chi connectivity index (χ1v) is 14.0. The number of amides is 2. The van der Waals surface area contributed by atoms with Crippen LogP contribution < -0.4 is 9.47 Å². The molecule has 2 aliphatic heterocycles. The molecular formula is C33H35N3O4. The number of carbonyl (C=O) groups is 2. The fourth-order valence-electron chi connectivity index (χ4n) is 6.30. The number of hydrogen-bond donors (Lipinski definition) is 1. The van der Waals surface area contributed by atoms with Gasteiger partial charge in [-0.3, -0.25) is 9.59 Å². The Balaban J connectivity index is 1.43. The smallest absolute Gasteiger partial charge is 0.254 e. The first kappa shape index (κ1) is 26.0. The molecule has 2 atom stereocenters. The van der Waals surface area contributed by atoms with E-state index in [1.54, 1.807) is 16.9 Å². The van der Waals surface area contributed by atoms with Crippen molar-refractivity contribution >= 4 is 22.7 Å². The molecule has 1 aromatic heterocycles. The van der Waals surface area contributed by atoms with E-state index in [1.165, 1.54) is 0 Å². The summed E-state index contributed by atoms with van der Waals surface area (Å²) in [6, 6.07) is 24.2. The highest BCUT2D eigenvalue weighted by molar-refractivity contribution is 6.01. The average Bonchev–Trinajstić information content (AvgIpc) is 3.38. The van der Waals surface area contributed by atoms with E-state index in [4.69, 9.17) is 9.47 Å². The molecule has 1 fully saturated rings. The minimum Gasteiger partial charge on any atom is -0.493 e. The fourth-order valence-corrected chi connectivity index (χ4v) is 6.30. The van der Waals surface area contributed by atoms with Gasteiger partial charge in [-0.15, -0.1) is 0 Å². The van der Waals surface area contributed by atoms with E-state index in [1.807, 2.05) is 55.5 Å². The van der Waals surface area contributed by atoms with Gasteiger partial charge in [-0.2, -0.15) is 0 Å². The van der Waals surface area contributed by atoms with Crippen molar-refractivity contribution < 1.29 is 19.1 Å². The van der Waals surface area contributed by atoms with Crippen LogP contribution in [0.3, 0.4) is 0 Å². The molecule has 206 valence electrons. The number of piperazine rings is 1. The highest BCUT2D eigenvalue weighted by Gasteiger charge is 2.56. The monoisotopic (exact) mass is 537 g/mol. The van der Waals surface area contributed by atoms with Crippen LogP contribution in [-0.2, 0) is 21.5 Å². The van der Waals surface area contributed by atoms with Crippen molar-refractivity contribution in [2.45, 2.75) is 38.1 Å². The third kappa shape index (κ3) is 4.21. The van der Waals surface area contributed by atoms with Crippen LogP contribution in [-0.4, -0.2) is 59.9 Å². The third-order valence-corrected chi connectivity index (χ3v) is 8.38. The summed E-state index contributed by atoms with van der Waals surface area (Å²) in [7, 11) is 1.64. The Morgan fingerprint density at radius 3 is 2.55 bits per heavy atom. The number of nitrogens with one attached hydrogen (secondary N) is 1. The van der Waals surface area contributed by atoms with Crippen LogP contribution in [0.1, 0.15) is 48.6 Å². The predicted molar refractivity (Wildman–Crippen MR) is 155 cm³/mol. The van der Waals surface area contributed by atoms with Gasteiger partial charge in [0.05, 0.1) is 26.0 Å². The van der Waals surface area contributed by atoms with E-state index in [-0.39, 0.29) is 24.3 Å². The van der Waals surface area contributed by atoms with Gasteiger partial charge in [0.25, 0.3) is 5.91 Å². The largest absolute Gasteiger partial charge is 0.493 e. The summed E-state index contributed by atoms with van der Waals surface area (Å²) >= 11 is 0. The molecule has 0 radical (unpaired) electrons. The molecule has 0 bridgehead atoms. The van der Waals surface area contributed by atoms with E-state index < -0.39 is 5.54 Å². The fraction of sp³-hybridized carbons (Fsp3) is 0.333. The van der Waals surface area contributed by atoms with Gasteiger partial charge < -0.3 is 24.3 Å². The second-order valence-electron chi connectivity index (χ2n) is 10.8. The molecule has 1 N–H and O–H groups in total. The zero-order valence-electron chi connectivity index (χ0n) is 23.3. The second kappa shape index (κ2) is 10.4. The van der Waals surface area contributed by atoms with E-state index in [0.717, 1.165) is 39.7 Å². The maximum Gasteiger partial charge on any atom is 0.254 e. The van der Waals surface area contributed by atoms with Crippen LogP contribution in [0.25, 0.3) is 10.9 Å². The van der Waals surface area contributed by atoms with E-state index in [2.05, 4.69) is 36.2 Å². The lowest BCUT2D eigenvalue weighted by molar-refractivity contribution is -0.166. The van der Waals surface area contributed by atoms with Crippen LogP contribution >= 0.6 is 0 Å². The first-order chi connectivity index (χ1) is 19.5. The molecule has 6 rings (SSSR count). The predicted octanol–water partition coefficient (Wildman–Crippen LogP) is 5.24. The highest BCUT2D eigenvalue weighted by Crippen LogP contribution is 2.49. The zero-order chi connectivity index (χ0) is 27.9. The molecule has 1 unspecified atom stereocenters. The number of benzene rings is 3. The molecule has 0 saturated carbocycles. The number of para-hydroxylation sites is 1. The molecule has 0 spiro atoms. The Kier molecular flexibility index (Phi) is 6.74. The number of ether oxygens (including phenoxy) is 2. The van der Waals surface area contributed by atoms with E-state index >= 15 is 0 Å². The summed E-state index contributed by atoms with van der Waals surface area (Å²) < 4.78 is 11.6. The van der Waals surface area contributed by atoms with Crippen molar-refractivity contribution in [2.24, 2.45) is 0 Å². The zero-order valence-corrected chi connectivity index (χ0v) is 23.3. The minimum absolute atomic E-state index is 0.0423. The summed E-state index contributed by atoms with van der Waals surface area (Å²) in [5.41, 5.74) is 3.84. The number of aromatic nitrogens is 1. The molecule has 0 aliphatic carbocycles. The van der Waals surface area contributed by atoms with Gasteiger partial charge in [-0.05, 0) is 54.7 Å². The van der Waals surface area contributed by atoms with Crippen LogP contribution in [0.4, 0.5) is 0 Å². The number of nitrogens with zero attached hydrogens (tertiary/aromatic N) is 2. The maximum absolute atomic E-state index is 14.3. The minimum atomic E-state index is -1.12. The number of carbonyl (C=O) groups excluding carboxylic acids is 2. The van der Waals surface area contributed by atoms with Gasteiger partial charge in [-0.25, -0.2) is 0 Å². The summed E-state index contributed by atoms with van der Waals surface area (Å²) in [6.07, 6.45) is 1.60. The summed E-state index contributed by atoms with van der Waals surface area (Å²) in [5, 5.41) is 1.07. The summed E-state index contributed by atoms with van der Waals surface area (Å²) in [5.74, 6) is 1.13. The number of methoxy groups -OCH3 is 1. The van der Waals surface area contributed by atoms with E-state index in [9.17, 15) is 9.59 Å². The van der Waals surface area contributed by atoms with Crippen molar-refractivity contribution in [2.75, 3.05) is 33.4 Å². The van der Waals surface area contributed by atoms with Gasteiger partial charge in [0, 0.05) is 29.9 Å². The topological polar surface area (TPSA) is 74.9 Å². The average molecular weight is 538 g/mol. The molecule has 4 aromatic rings. The van der Waals surface area contributed by atoms with Gasteiger partial charge in [0.15, 0.2) is 17.0 Å². The molecule has 2 aliphatic rings. The lowest BCUT2D eigenvalue weighted by atomic mass is 9.76. The van der Waals surface area contributed by atoms with Crippen molar-refractivity contribution in [3.05, 3.63) is 95.2 Å². The Bertz CT molecular complexity index is 1560. The normalized spacial score (nSPS) is 20.4. The lowest BCUT2D eigenvalue weighted by Crippen LogP contribution is -2.67. The first-order valence-electron chi connectivity index (χ1n) is 14.0. The quantitative estimate of drug-likeness (QED) is 0.334. The maximum atomic E-state index is 14.3.